The van der Waals surface area contributed by atoms with Crippen molar-refractivity contribution < 1.29 is 79.7 Å². The molecule has 3 aliphatic rings. The summed E-state index contributed by atoms with van der Waals surface area (Å²) >= 11 is 0. The summed E-state index contributed by atoms with van der Waals surface area (Å²) < 4.78 is 241. The maximum absolute atomic E-state index is 14.4. The van der Waals surface area contributed by atoms with Gasteiger partial charge in [-0.2, -0.15) is 75.5 Å². The third kappa shape index (κ3) is 9.80. The Bertz CT molecular complexity index is 1280. The first-order valence-corrected chi connectivity index (χ1v) is 18.8. The molecule has 0 amide bonds. The lowest BCUT2D eigenvalue weighted by Gasteiger charge is -2.43. The molecule has 0 bridgehead atoms. The molecule has 3 rings (SSSR count). The largest absolute Gasteiger partial charge is 0.384 e. The van der Waals surface area contributed by atoms with E-state index in [-0.39, 0.29) is 24.7 Å². The highest BCUT2D eigenvalue weighted by Crippen LogP contribution is 2.64. The molecule has 0 aromatic carbocycles. The number of nitriles is 1. The van der Waals surface area contributed by atoms with E-state index < -0.39 is 105 Å². The van der Waals surface area contributed by atoms with Crippen molar-refractivity contribution in [3.8, 4) is 6.07 Å². The number of unbranched alkanes of at least 4 members (excludes halogenated alkanes) is 2. The van der Waals surface area contributed by atoms with Gasteiger partial charge >= 0.3 is 47.4 Å². The Hall–Kier alpha value is -1.79. The van der Waals surface area contributed by atoms with Crippen molar-refractivity contribution in [1.29, 1.82) is 5.26 Å². The van der Waals surface area contributed by atoms with Crippen LogP contribution in [0.4, 0.5) is 70.2 Å². The van der Waals surface area contributed by atoms with E-state index in [9.17, 15) is 70.2 Å². The highest BCUT2D eigenvalue weighted by atomic mass is 19.4. The first kappa shape index (κ1) is 48.6. The van der Waals surface area contributed by atoms with Gasteiger partial charge in [0, 0.05) is 44.1 Å². The fraction of sp³-hybridized carbons (Fsp3) is 0.971. The SMILES string of the molecule is N#CC1CCC(C2CCC(OCCCCC(F)(F)C(F)(F)C(F)(F)C(F)(F)C(F)(F)C(F)(F)C(F)(F)C(F)(F)CCCCOC3CCC(N)CC3N)CC2)CC1. The Kier molecular flexibility index (Phi) is 15.8. The topological polar surface area (TPSA) is 94.3 Å². The molecule has 0 saturated heterocycles. The average Bonchev–Trinajstić information content (AvgIpc) is 3.11. The molecule has 3 atom stereocenters. The van der Waals surface area contributed by atoms with Crippen molar-refractivity contribution in [3.05, 3.63) is 0 Å². The fourth-order valence-corrected chi connectivity index (χ4v) is 7.81. The van der Waals surface area contributed by atoms with Crippen LogP contribution < -0.4 is 11.5 Å². The van der Waals surface area contributed by atoms with Crippen LogP contribution in [0.2, 0.25) is 0 Å². The quantitative estimate of drug-likeness (QED) is 0.0940. The monoisotopic (exact) mass is 847 g/mol. The van der Waals surface area contributed by atoms with Gasteiger partial charge in [0.05, 0.1) is 18.3 Å². The molecule has 0 radical (unpaired) electrons. The van der Waals surface area contributed by atoms with Crippen LogP contribution in [0, 0.1) is 29.1 Å². The second-order valence-corrected chi connectivity index (χ2v) is 15.6. The second-order valence-electron chi connectivity index (χ2n) is 15.6. The predicted molar refractivity (Wildman–Crippen MR) is 170 cm³/mol. The molecule has 3 saturated carbocycles. The summed E-state index contributed by atoms with van der Waals surface area (Å²) in [7, 11) is 0. The van der Waals surface area contributed by atoms with Crippen LogP contribution in [-0.2, 0) is 9.47 Å². The van der Waals surface area contributed by atoms with Gasteiger partial charge in [0.1, 0.15) is 0 Å². The van der Waals surface area contributed by atoms with E-state index in [1.54, 1.807) is 0 Å². The van der Waals surface area contributed by atoms with E-state index in [1.165, 1.54) is 0 Å². The molecule has 0 aromatic heterocycles. The zero-order valence-electron chi connectivity index (χ0n) is 30.4. The van der Waals surface area contributed by atoms with Crippen molar-refractivity contribution in [1.82, 2.24) is 0 Å². The molecule has 4 N–H and O–H groups in total. The predicted octanol–water partition coefficient (Wildman–Crippen LogP) is 10.5. The molecule has 0 aromatic rings. The van der Waals surface area contributed by atoms with Gasteiger partial charge in [-0.1, -0.05) is 0 Å². The van der Waals surface area contributed by atoms with Crippen molar-refractivity contribution in [3.63, 3.8) is 0 Å². The normalized spacial score (nSPS) is 28.3. The summed E-state index contributed by atoms with van der Waals surface area (Å²) in [5.74, 6) is -60.2. The fourth-order valence-electron chi connectivity index (χ4n) is 7.81. The molecule has 328 valence electrons. The van der Waals surface area contributed by atoms with Gasteiger partial charge in [-0.3, -0.25) is 0 Å². The van der Waals surface area contributed by atoms with Gasteiger partial charge in [0.15, 0.2) is 0 Å². The standard InChI is InChI=1S/C35H49F16N3O2/c36-28(37,15-1-3-17-55-25-12-9-23(10-13-25)22-7-5-21(20-52)6-8-22)30(40,41)32(44,45)34(48,49)35(50,51)33(46,47)31(42,43)29(38,39)16-2-4-18-56-27-14-11-24(53)19-26(27)54/h21-27H,1-19,53-54H2. The number of alkyl halides is 16. The molecule has 0 heterocycles. The zero-order valence-corrected chi connectivity index (χ0v) is 30.4. The Balaban J connectivity index is 1.55. The Morgan fingerprint density at radius 1 is 0.482 bits per heavy atom. The molecular formula is C35H49F16N3O2. The van der Waals surface area contributed by atoms with E-state index in [2.05, 4.69) is 6.07 Å². The first-order valence-electron chi connectivity index (χ1n) is 18.8. The van der Waals surface area contributed by atoms with Crippen molar-refractivity contribution in [2.45, 2.75) is 181 Å². The Morgan fingerprint density at radius 3 is 1.29 bits per heavy atom. The third-order valence-corrected chi connectivity index (χ3v) is 11.6. The molecule has 0 aliphatic heterocycles. The molecule has 3 unspecified atom stereocenters. The van der Waals surface area contributed by atoms with E-state index in [0.29, 0.717) is 43.9 Å². The number of halogens is 16. The van der Waals surface area contributed by atoms with Crippen LogP contribution in [-0.4, -0.2) is 84.9 Å². The number of hydrogen-bond donors (Lipinski definition) is 2. The maximum atomic E-state index is 14.4. The molecule has 3 fully saturated rings. The average molecular weight is 848 g/mol. The Labute approximate surface area is 314 Å². The van der Waals surface area contributed by atoms with Crippen LogP contribution in [0.15, 0.2) is 0 Å². The van der Waals surface area contributed by atoms with Gasteiger partial charge in [0.2, 0.25) is 0 Å². The molecule has 56 heavy (non-hydrogen) atoms. The van der Waals surface area contributed by atoms with Gasteiger partial charge < -0.3 is 20.9 Å². The van der Waals surface area contributed by atoms with Gasteiger partial charge in [-0.05, 0) is 108 Å². The number of hydrogen-bond acceptors (Lipinski definition) is 5. The summed E-state index contributed by atoms with van der Waals surface area (Å²) in [4.78, 5) is 0. The summed E-state index contributed by atoms with van der Waals surface area (Å²) in [5, 5.41) is 9.05. The maximum Gasteiger partial charge on any atom is 0.384 e. The van der Waals surface area contributed by atoms with Gasteiger partial charge in [0.25, 0.3) is 0 Å². The van der Waals surface area contributed by atoms with E-state index >= 15 is 0 Å². The number of nitrogens with zero attached hydrogens (tertiary/aromatic N) is 1. The third-order valence-electron chi connectivity index (χ3n) is 11.6. The van der Waals surface area contributed by atoms with Crippen molar-refractivity contribution in [2.24, 2.45) is 29.2 Å². The van der Waals surface area contributed by atoms with E-state index in [0.717, 1.165) is 38.5 Å². The number of ether oxygens (including phenoxy) is 2. The van der Waals surface area contributed by atoms with Gasteiger partial charge in [-0.15, -0.1) is 0 Å². The Morgan fingerprint density at radius 2 is 0.875 bits per heavy atom. The smallest absolute Gasteiger partial charge is 0.378 e. The lowest BCUT2D eigenvalue weighted by Crippen LogP contribution is -2.74. The van der Waals surface area contributed by atoms with Crippen LogP contribution in [0.3, 0.4) is 0 Å². The molecule has 5 nitrogen and oxygen atoms in total. The highest BCUT2D eigenvalue weighted by molar-refractivity contribution is 5.16. The number of rotatable bonds is 20. The van der Waals surface area contributed by atoms with Gasteiger partial charge in [-0.25, -0.2) is 0 Å². The summed E-state index contributed by atoms with van der Waals surface area (Å²) in [6.07, 6.45) is -2.31. The van der Waals surface area contributed by atoms with Crippen LogP contribution in [0.1, 0.15) is 109 Å². The minimum absolute atomic E-state index is 0.0194. The molecule has 21 heteroatoms. The lowest BCUT2D eigenvalue weighted by molar-refractivity contribution is -0.453. The van der Waals surface area contributed by atoms with Crippen LogP contribution in [0.25, 0.3) is 0 Å². The molecule has 0 spiro atoms. The second kappa shape index (κ2) is 18.2. The lowest BCUT2D eigenvalue weighted by atomic mass is 9.71. The van der Waals surface area contributed by atoms with E-state index in [1.807, 2.05) is 0 Å². The summed E-state index contributed by atoms with van der Waals surface area (Å²) in [6, 6.07) is 1.38. The van der Waals surface area contributed by atoms with Crippen molar-refractivity contribution >= 4 is 0 Å². The zero-order chi connectivity index (χ0) is 42.6. The number of nitrogens with two attached hydrogens (primary N) is 2. The summed E-state index contributed by atoms with van der Waals surface area (Å²) in [5.41, 5.74) is 11.5. The molecule has 3 aliphatic carbocycles. The van der Waals surface area contributed by atoms with Crippen molar-refractivity contribution in [2.75, 3.05) is 13.2 Å². The highest BCUT2D eigenvalue weighted by Gasteiger charge is 2.94. The van der Waals surface area contributed by atoms with Crippen LogP contribution >= 0.6 is 0 Å². The summed E-state index contributed by atoms with van der Waals surface area (Å²) in [6.45, 7) is -0.877. The van der Waals surface area contributed by atoms with E-state index in [4.69, 9.17) is 26.2 Å². The molecular weight excluding hydrogens is 798 g/mol. The minimum Gasteiger partial charge on any atom is -0.378 e. The minimum atomic E-state index is -8.43. The van der Waals surface area contributed by atoms with Crippen LogP contribution in [0.5, 0.6) is 0 Å². The first-order chi connectivity index (χ1) is 25.6.